The number of nitrogens with zero attached hydrogens (tertiary/aromatic N) is 1. The lowest BCUT2D eigenvalue weighted by Gasteiger charge is -2.13. The van der Waals surface area contributed by atoms with Gasteiger partial charge < -0.3 is 19.7 Å². The van der Waals surface area contributed by atoms with Gasteiger partial charge >= 0.3 is 5.97 Å². The van der Waals surface area contributed by atoms with E-state index in [-0.39, 0.29) is 5.91 Å². The van der Waals surface area contributed by atoms with Crippen LogP contribution in [0.5, 0.6) is 5.75 Å². The largest absolute Gasteiger partial charge is 0.481 e. The maximum Gasteiger partial charge on any atom is 0.341 e. The molecule has 25 heavy (non-hydrogen) atoms. The van der Waals surface area contributed by atoms with Gasteiger partial charge in [-0.15, -0.1) is 0 Å². The maximum absolute atomic E-state index is 12.6. The molecule has 3 rings (SSSR count). The number of hydrogen-bond donors (Lipinski definition) is 2. The second-order valence-electron chi connectivity index (χ2n) is 5.71. The number of aryl methyl sites for hydroxylation is 1. The number of benzene rings is 2. The van der Waals surface area contributed by atoms with E-state index >= 15 is 0 Å². The fourth-order valence-electron chi connectivity index (χ4n) is 2.67. The highest BCUT2D eigenvalue weighted by molar-refractivity contribution is 6.09. The van der Waals surface area contributed by atoms with E-state index in [9.17, 15) is 9.59 Å². The molecule has 0 aliphatic rings. The SMILES string of the molecule is Cc1ccc(C(=O)Nc2ccc(OCC(=O)O)c3ccccc23)n1C. The van der Waals surface area contributed by atoms with Crippen LogP contribution in [-0.4, -0.2) is 28.2 Å². The molecule has 2 N–H and O–H groups in total. The number of hydrogen-bond acceptors (Lipinski definition) is 3. The Morgan fingerprint density at radius 3 is 2.44 bits per heavy atom. The Bertz CT molecular complexity index is 959. The van der Waals surface area contributed by atoms with Crippen LogP contribution in [0.25, 0.3) is 10.8 Å². The summed E-state index contributed by atoms with van der Waals surface area (Å²) in [6, 6.07) is 14.4. The summed E-state index contributed by atoms with van der Waals surface area (Å²) in [5.74, 6) is -0.786. The number of rotatable bonds is 5. The van der Waals surface area contributed by atoms with Crippen LogP contribution in [0.3, 0.4) is 0 Å². The van der Waals surface area contributed by atoms with Crippen LogP contribution < -0.4 is 10.1 Å². The topological polar surface area (TPSA) is 80.6 Å². The van der Waals surface area contributed by atoms with Crippen molar-refractivity contribution in [2.75, 3.05) is 11.9 Å². The fraction of sp³-hybridized carbons (Fsp3) is 0.158. The summed E-state index contributed by atoms with van der Waals surface area (Å²) in [5.41, 5.74) is 2.20. The van der Waals surface area contributed by atoms with Gasteiger partial charge in [-0.3, -0.25) is 4.79 Å². The first-order valence-corrected chi connectivity index (χ1v) is 7.77. The normalized spacial score (nSPS) is 10.6. The quantitative estimate of drug-likeness (QED) is 0.748. The van der Waals surface area contributed by atoms with E-state index in [0.717, 1.165) is 16.5 Å². The zero-order chi connectivity index (χ0) is 18.0. The van der Waals surface area contributed by atoms with Crippen molar-refractivity contribution in [1.29, 1.82) is 0 Å². The third-order valence-electron chi connectivity index (χ3n) is 4.09. The number of aliphatic carboxylic acids is 1. The van der Waals surface area contributed by atoms with Gasteiger partial charge in [0.25, 0.3) is 5.91 Å². The number of carboxylic acid groups (broad SMARTS) is 1. The van der Waals surface area contributed by atoms with E-state index in [4.69, 9.17) is 9.84 Å². The van der Waals surface area contributed by atoms with Crippen LogP contribution in [0.4, 0.5) is 5.69 Å². The number of carbonyl (C=O) groups is 2. The lowest BCUT2D eigenvalue weighted by Crippen LogP contribution is -2.16. The molecule has 0 unspecified atom stereocenters. The van der Waals surface area contributed by atoms with Gasteiger partial charge in [0.05, 0.1) is 0 Å². The molecule has 6 nitrogen and oxygen atoms in total. The first-order chi connectivity index (χ1) is 12.0. The van der Waals surface area contributed by atoms with E-state index in [2.05, 4.69) is 5.32 Å². The molecule has 2 aromatic carbocycles. The van der Waals surface area contributed by atoms with Gasteiger partial charge in [0.2, 0.25) is 0 Å². The first-order valence-electron chi connectivity index (χ1n) is 7.77. The van der Waals surface area contributed by atoms with E-state index in [0.29, 0.717) is 17.1 Å². The number of carbonyl (C=O) groups excluding carboxylic acids is 1. The Morgan fingerprint density at radius 2 is 1.80 bits per heavy atom. The van der Waals surface area contributed by atoms with Crippen molar-refractivity contribution < 1.29 is 19.4 Å². The number of nitrogens with one attached hydrogen (secondary N) is 1. The average molecular weight is 338 g/mol. The van der Waals surface area contributed by atoms with Crippen LogP contribution in [0, 0.1) is 6.92 Å². The number of amides is 1. The highest BCUT2D eigenvalue weighted by Gasteiger charge is 2.14. The molecule has 1 amide bonds. The molecule has 0 aliphatic heterocycles. The van der Waals surface area contributed by atoms with Gasteiger partial charge in [-0.25, -0.2) is 4.79 Å². The molecule has 1 heterocycles. The molecular weight excluding hydrogens is 320 g/mol. The number of carboxylic acids is 1. The van der Waals surface area contributed by atoms with Gasteiger partial charge in [0.15, 0.2) is 6.61 Å². The van der Waals surface area contributed by atoms with E-state index in [1.165, 1.54) is 0 Å². The molecule has 0 saturated heterocycles. The molecule has 0 aliphatic carbocycles. The van der Waals surface area contributed by atoms with Gasteiger partial charge in [-0.1, -0.05) is 24.3 Å². The second-order valence-corrected chi connectivity index (χ2v) is 5.71. The molecule has 0 spiro atoms. The minimum absolute atomic E-state index is 0.208. The summed E-state index contributed by atoms with van der Waals surface area (Å²) in [5, 5.41) is 13.2. The zero-order valence-electron chi connectivity index (χ0n) is 13.9. The standard InChI is InChI=1S/C19H18N2O4/c1-12-7-9-16(21(12)2)19(24)20-15-8-10-17(25-11-18(22)23)14-6-4-3-5-13(14)15/h3-10H,11H2,1-2H3,(H,20,24)(H,22,23). The Morgan fingerprint density at radius 1 is 1.08 bits per heavy atom. The number of aromatic nitrogens is 1. The maximum atomic E-state index is 12.6. The van der Waals surface area contributed by atoms with Crippen molar-refractivity contribution in [3.05, 3.63) is 59.9 Å². The third-order valence-corrected chi connectivity index (χ3v) is 4.09. The third kappa shape index (κ3) is 3.33. The molecule has 0 bridgehead atoms. The molecule has 0 fully saturated rings. The lowest BCUT2D eigenvalue weighted by molar-refractivity contribution is -0.139. The summed E-state index contributed by atoms with van der Waals surface area (Å²) in [6.07, 6.45) is 0. The van der Waals surface area contributed by atoms with Gasteiger partial charge in [-0.2, -0.15) is 0 Å². The van der Waals surface area contributed by atoms with Crippen molar-refractivity contribution in [3.8, 4) is 5.75 Å². The van der Waals surface area contributed by atoms with E-state index in [1.54, 1.807) is 18.2 Å². The Labute approximate surface area is 144 Å². The average Bonchev–Trinajstić information content (AvgIpc) is 2.93. The summed E-state index contributed by atoms with van der Waals surface area (Å²) < 4.78 is 7.15. The van der Waals surface area contributed by atoms with E-state index < -0.39 is 12.6 Å². The summed E-state index contributed by atoms with van der Waals surface area (Å²) in [7, 11) is 1.84. The van der Waals surface area contributed by atoms with Gasteiger partial charge in [-0.05, 0) is 31.2 Å². The Hall–Kier alpha value is -3.28. The number of fused-ring (bicyclic) bond motifs is 1. The first kappa shape index (κ1) is 16.6. The van der Waals surface area contributed by atoms with Crippen molar-refractivity contribution in [2.24, 2.45) is 7.05 Å². The van der Waals surface area contributed by atoms with Crippen molar-refractivity contribution in [3.63, 3.8) is 0 Å². The number of anilines is 1. The molecule has 0 atom stereocenters. The fourth-order valence-corrected chi connectivity index (χ4v) is 2.67. The smallest absolute Gasteiger partial charge is 0.341 e. The molecule has 0 radical (unpaired) electrons. The van der Waals surface area contributed by atoms with Crippen molar-refractivity contribution in [1.82, 2.24) is 4.57 Å². The van der Waals surface area contributed by atoms with Gasteiger partial charge in [0.1, 0.15) is 11.4 Å². The summed E-state index contributed by atoms with van der Waals surface area (Å²) in [4.78, 5) is 23.3. The van der Waals surface area contributed by atoms with Crippen molar-refractivity contribution in [2.45, 2.75) is 6.92 Å². The highest BCUT2D eigenvalue weighted by atomic mass is 16.5. The predicted octanol–water partition coefficient (Wildman–Crippen LogP) is 3.20. The van der Waals surface area contributed by atoms with Gasteiger partial charge in [0, 0.05) is 29.2 Å². The highest BCUT2D eigenvalue weighted by Crippen LogP contribution is 2.32. The minimum atomic E-state index is -1.04. The Balaban J connectivity index is 1.95. The van der Waals surface area contributed by atoms with Crippen LogP contribution >= 0.6 is 0 Å². The van der Waals surface area contributed by atoms with Crippen LogP contribution in [0.2, 0.25) is 0 Å². The number of ether oxygens (including phenoxy) is 1. The molecule has 1 aromatic heterocycles. The summed E-state index contributed by atoms with van der Waals surface area (Å²) >= 11 is 0. The van der Waals surface area contributed by atoms with Crippen LogP contribution in [-0.2, 0) is 11.8 Å². The molecule has 3 aromatic rings. The minimum Gasteiger partial charge on any atom is -0.481 e. The molecule has 6 heteroatoms. The molecular formula is C19H18N2O4. The van der Waals surface area contributed by atoms with Crippen LogP contribution in [0.15, 0.2) is 48.5 Å². The van der Waals surface area contributed by atoms with E-state index in [1.807, 2.05) is 48.9 Å². The van der Waals surface area contributed by atoms with Crippen molar-refractivity contribution >= 4 is 28.3 Å². The van der Waals surface area contributed by atoms with Crippen LogP contribution in [0.1, 0.15) is 16.2 Å². The second kappa shape index (κ2) is 6.68. The molecule has 0 saturated carbocycles. The lowest BCUT2D eigenvalue weighted by atomic mass is 10.1. The Kier molecular flexibility index (Phi) is 4.43. The zero-order valence-corrected chi connectivity index (χ0v) is 13.9. The summed E-state index contributed by atoms with van der Waals surface area (Å²) in [6.45, 7) is 1.51. The molecule has 128 valence electrons. The monoisotopic (exact) mass is 338 g/mol. The predicted molar refractivity (Wildman–Crippen MR) is 95.2 cm³/mol.